The predicted molar refractivity (Wildman–Crippen MR) is 119 cm³/mol. The Balaban J connectivity index is 1.87. The van der Waals surface area contributed by atoms with Gasteiger partial charge in [-0.15, -0.1) is 0 Å². The Morgan fingerprint density at radius 2 is 1.79 bits per heavy atom. The van der Waals surface area contributed by atoms with Crippen LogP contribution in [-0.2, 0) is 4.74 Å². The maximum absolute atomic E-state index is 11.3. The normalized spacial score (nSPS) is 19.6. The summed E-state index contributed by atoms with van der Waals surface area (Å²) >= 11 is 0. The first-order valence-corrected chi connectivity index (χ1v) is 9.97. The van der Waals surface area contributed by atoms with Gasteiger partial charge < -0.3 is 10.5 Å². The first-order chi connectivity index (χ1) is 15.8. The van der Waals surface area contributed by atoms with Gasteiger partial charge in [-0.25, -0.2) is 0 Å². The summed E-state index contributed by atoms with van der Waals surface area (Å²) in [5.74, 6) is -0.204. The fraction of sp³-hybridized carbons (Fsp3) is 0.174. The predicted octanol–water partition coefficient (Wildman–Crippen LogP) is 3.59. The molecule has 2 N–H and O–H groups in total. The van der Waals surface area contributed by atoms with Crippen molar-refractivity contribution in [3.8, 4) is 6.07 Å². The summed E-state index contributed by atoms with van der Waals surface area (Å²) in [6.45, 7) is 0.936. The van der Waals surface area contributed by atoms with Gasteiger partial charge >= 0.3 is 0 Å². The number of nitro benzene ring substituents is 2. The Hall–Kier alpha value is -4.49. The maximum atomic E-state index is 11.3. The molecule has 1 atom stereocenters. The van der Waals surface area contributed by atoms with Crippen LogP contribution >= 0.6 is 0 Å². The summed E-state index contributed by atoms with van der Waals surface area (Å²) in [5.41, 5.74) is 8.82. The van der Waals surface area contributed by atoms with Crippen molar-refractivity contribution in [1.82, 2.24) is 4.90 Å². The Morgan fingerprint density at radius 3 is 2.45 bits per heavy atom. The molecule has 0 unspecified atom stereocenters. The number of nitrogens with two attached hydrogens (primary N) is 1. The molecule has 10 nitrogen and oxygen atoms in total. The lowest BCUT2D eigenvalue weighted by Gasteiger charge is -2.36. The molecule has 2 aliphatic rings. The number of benzene rings is 2. The molecule has 33 heavy (non-hydrogen) atoms. The van der Waals surface area contributed by atoms with Crippen molar-refractivity contribution in [2.24, 2.45) is 5.73 Å². The standard InChI is InChI=1S/C23H19N5O5/c1-26-12-16(8-14-4-2-6-17(9-14)27(29)30)22-20(13-26)21(19(11-24)23(25)33-22)15-5-3-7-18(10-15)28(31)32/h2-10,21H,12-13,25H2,1H3/b16-8+/t21-/m0/s1. The second-order valence-corrected chi connectivity index (χ2v) is 7.83. The molecular weight excluding hydrogens is 426 g/mol. The van der Waals surface area contributed by atoms with Crippen molar-refractivity contribution in [3.63, 3.8) is 0 Å². The van der Waals surface area contributed by atoms with Crippen LogP contribution in [0.2, 0.25) is 0 Å². The number of nitriles is 1. The Morgan fingerprint density at radius 1 is 1.12 bits per heavy atom. The number of non-ortho nitro benzene ring substituents is 2. The van der Waals surface area contributed by atoms with Crippen molar-refractivity contribution < 1.29 is 14.6 Å². The highest BCUT2D eigenvalue weighted by Gasteiger charge is 2.37. The van der Waals surface area contributed by atoms with E-state index < -0.39 is 15.8 Å². The number of nitro groups is 2. The first kappa shape index (κ1) is 21.7. The zero-order valence-corrected chi connectivity index (χ0v) is 17.6. The van der Waals surface area contributed by atoms with Gasteiger partial charge in [0.2, 0.25) is 5.88 Å². The molecule has 2 aromatic rings. The average Bonchev–Trinajstić information content (AvgIpc) is 2.79. The van der Waals surface area contributed by atoms with Crippen LogP contribution in [0.25, 0.3) is 6.08 Å². The number of ether oxygens (including phenoxy) is 1. The van der Waals surface area contributed by atoms with Crippen LogP contribution in [0.5, 0.6) is 0 Å². The summed E-state index contributed by atoms with van der Waals surface area (Å²) in [4.78, 5) is 23.5. The van der Waals surface area contributed by atoms with E-state index in [2.05, 4.69) is 6.07 Å². The second-order valence-electron chi connectivity index (χ2n) is 7.83. The number of nitrogens with zero attached hydrogens (tertiary/aromatic N) is 4. The van der Waals surface area contributed by atoms with E-state index in [9.17, 15) is 25.5 Å². The molecular formula is C23H19N5O5. The van der Waals surface area contributed by atoms with Gasteiger partial charge in [-0.05, 0) is 29.8 Å². The van der Waals surface area contributed by atoms with E-state index in [1.807, 2.05) is 11.9 Å². The minimum absolute atomic E-state index is 0.0343. The molecule has 0 spiro atoms. The summed E-state index contributed by atoms with van der Waals surface area (Å²) in [6.07, 6.45) is 1.78. The fourth-order valence-electron chi connectivity index (χ4n) is 4.17. The van der Waals surface area contributed by atoms with Gasteiger partial charge in [-0.1, -0.05) is 24.3 Å². The minimum atomic E-state index is -0.616. The largest absolute Gasteiger partial charge is 0.440 e. The first-order valence-electron chi connectivity index (χ1n) is 9.97. The van der Waals surface area contributed by atoms with Crippen LogP contribution in [0.15, 0.2) is 76.9 Å². The molecule has 0 amide bonds. The number of hydrogen-bond acceptors (Lipinski definition) is 8. The van der Waals surface area contributed by atoms with E-state index in [0.717, 1.165) is 11.1 Å². The van der Waals surface area contributed by atoms with Crippen LogP contribution in [0.4, 0.5) is 11.4 Å². The summed E-state index contributed by atoms with van der Waals surface area (Å²) in [7, 11) is 1.89. The van der Waals surface area contributed by atoms with Gasteiger partial charge in [0.05, 0.1) is 15.8 Å². The Kier molecular flexibility index (Phi) is 5.64. The molecule has 0 aromatic heterocycles. The van der Waals surface area contributed by atoms with Crippen molar-refractivity contribution in [2.75, 3.05) is 20.1 Å². The van der Waals surface area contributed by atoms with Gasteiger partial charge in [0, 0.05) is 42.9 Å². The SMILES string of the molecule is CN1CC2=C(OC(N)=C(C#N)[C@@H]2c2cccc([N+](=O)[O-])c2)/C(=C/c2cccc([N+](=O)[O-])c2)C1. The van der Waals surface area contributed by atoms with Crippen LogP contribution in [0.3, 0.4) is 0 Å². The zero-order chi connectivity index (χ0) is 23.7. The second kappa shape index (κ2) is 8.57. The molecule has 2 aromatic carbocycles. The van der Waals surface area contributed by atoms with Crippen molar-refractivity contribution in [2.45, 2.75) is 5.92 Å². The topological polar surface area (TPSA) is 149 Å². The highest BCUT2D eigenvalue weighted by molar-refractivity contribution is 5.64. The molecule has 10 heteroatoms. The fourth-order valence-corrected chi connectivity index (χ4v) is 4.17. The average molecular weight is 445 g/mol. The molecule has 2 heterocycles. The van der Waals surface area contributed by atoms with E-state index in [-0.39, 0.29) is 22.8 Å². The lowest BCUT2D eigenvalue weighted by molar-refractivity contribution is -0.385. The van der Waals surface area contributed by atoms with E-state index in [0.29, 0.717) is 30.0 Å². The van der Waals surface area contributed by atoms with E-state index in [1.165, 1.54) is 24.3 Å². The summed E-state index contributed by atoms with van der Waals surface area (Å²) in [6, 6.07) is 14.4. The van der Waals surface area contributed by atoms with Gasteiger partial charge in [0.1, 0.15) is 17.4 Å². The van der Waals surface area contributed by atoms with Gasteiger partial charge in [-0.2, -0.15) is 5.26 Å². The highest BCUT2D eigenvalue weighted by atomic mass is 16.6. The molecule has 0 fully saturated rings. The van der Waals surface area contributed by atoms with Crippen LogP contribution in [0, 0.1) is 31.6 Å². The highest BCUT2D eigenvalue weighted by Crippen LogP contribution is 2.44. The third kappa shape index (κ3) is 4.17. The van der Waals surface area contributed by atoms with Gasteiger partial charge in [0.25, 0.3) is 11.4 Å². The van der Waals surface area contributed by atoms with Crippen LogP contribution in [-0.4, -0.2) is 34.9 Å². The van der Waals surface area contributed by atoms with Gasteiger partial charge in [-0.3, -0.25) is 25.1 Å². The Bertz CT molecular complexity index is 1300. The quantitative estimate of drug-likeness (QED) is 0.554. The monoisotopic (exact) mass is 445 g/mol. The number of allylic oxidation sites excluding steroid dienone is 1. The smallest absolute Gasteiger partial charge is 0.270 e. The number of likely N-dealkylation sites (N-methyl/N-ethyl adjacent to an activating group) is 1. The van der Waals surface area contributed by atoms with E-state index in [4.69, 9.17) is 10.5 Å². The Labute approximate surface area is 188 Å². The third-order valence-electron chi connectivity index (χ3n) is 5.54. The maximum Gasteiger partial charge on any atom is 0.270 e. The molecule has 0 radical (unpaired) electrons. The zero-order valence-electron chi connectivity index (χ0n) is 17.6. The van der Waals surface area contributed by atoms with E-state index in [1.54, 1.807) is 30.3 Å². The molecule has 0 aliphatic carbocycles. The summed E-state index contributed by atoms with van der Waals surface area (Å²) in [5, 5.41) is 32.3. The molecule has 0 saturated heterocycles. The van der Waals surface area contributed by atoms with Crippen LogP contribution < -0.4 is 5.73 Å². The lowest BCUT2D eigenvalue weighted by Crippen LogP contribution is -2.35. The molecule has 166 valence electrons. The molecule has 0 saturated carbocycles. The molecule has 4 rings (SSSR count). The molecule has 2 aliphatic heterocycles. The van der Waals surface area contributed by atoms with Crippen molar-refractivity contribution in [1.29, 1.82) is 5.26 Å². The van der Waals surface area contributed by atoms with Gasteiger partial charge in [0.15, 0.2) is 0 Å². The minimum Gasteiger partial charge on any atom is -0.440 e. The summed E-state index contributed by atoms with van der Waals surface area (Å²) < 4.78 is 5.89. The number of rotatable bonds is 4. The van der Waals surface area contributed by atoms with Crippen molar-refractivity contribution >= 4 is 17.5 Å². The number of hydrogen-bond donors (Lipinski definition) is 1. The third-order valence-corrected chi connectivity index (χ3v) is 5.54. The lowest BCUT2D eigenvalue weighted by atomic mass is 9.80. The van der Waals surface area contributed by atoms with Crippen molar-refractivity contribution in [3.05, 3.63) is 108 Å². The van der Waals surface area contributed by atoms with E-state index >= 15 is 0 Å². The molecule has 0 bridgehead atoms. The van der Waals surface area contributed by atoms with Crippen LogP contribution in [0.1, 0.15) is 17.0 Å².